The first-order valence-corrected chi connectivity index (χ1v) is 8.66. The maximum atomic E-state index is 13.3. The molecule has 2 heteroatoms. The van der Waals surface area contributed by atoms with E-state index in [4.69, 9.17) is 0 Å². The van der Waals surface area contributed by atoms with E-state index in [1.54, 1.807) is 6.08 Å². The highest BCUT2D eigenvalue weighted by Crippen LogP contribution is 2.73. The van der Waals surface area contributed by atoms with Gasteiger partial charge in [-0.15, -0.1) is 0 Å². The monoisotopic (exact) mass is 298 g/mol. The Hall–Kier alpha value is -1.18. The van der Waals surface area contributed by atoms with Crippen molar-refractivity contribution in [1.82, 2.24) is 0 Å². The summed E-state index contributed by atoms with van der Waals surface area (Å²) in [7, 11) is 0. The first-order valence-electron chi connectivity index (χ1n) is 8.66. The number of carbonyl (C=O) groups is 2. The summed E-state index contributed by atoms with van der Waals surface area (Å²) in [6, 6.07) is 0. The molecule has 1 spiro atoms. The SMILES string of the molecule is CC1=C[C@H]2C(C)=CC(=O)[C@]23C(=O)[C@H](C)C[C@@H]2[C@H]([C@@H]3C1)C2(C)C. The molecular formula is C20H26O2. The molecule has 0 unspecified atom stereocenters. The quantitative estimate of drug-likeness (QED) is 0.501. The molecule has 4 rings (SSSR count). The fraction of sp³-hybridized carbons (Fsp3) is 0.700. The lowest BCUT2D eigenvalue weighted by Crippen LogP contribution is -2.52. The van der Waals surface area contributed by atoms with Crippen LogP contribution < -0.4 is 0 Å². The topological polar surface area (TPSA) is 34.1 Å². The molecule has 0 bridgehead atoms. The van der Waals surface area contributed by atoms with Crippen molar-refractivity contribution in [2.24, 2.45) is 40.4 Å². The minimum absolute atomic E-state index is 0.0110. The number of carbonyl (C=O) groups excluding carboxylic acids is 2. The Balaban J connectivity index is 1.94. The van der Waals surface area contributed by atoms with Gasteiger partial charge in [-0.1, -0.05) is 38.0 Å². The zero-order valence-corrected chi connectivity index (χ0v) is 14.3. The van der Waals surface area contributed by atoms with Crippen LogP contribution in [0.15, 0.2) is 23.3 Å². The lowest BCUT2D eigenvalue weighted by Gasteiger charge is -2.44. The van der Waals surface area contributed by atoms with Gasteiger partial charge in [-0.3, -0.25) is 9.59 Å². The van der Waals surface area contributed by atoms with Crippen molar-refractivity contribution >= 4 is 11.6 Å². The largest absolute Gasteiger partial charge is 0.298 e. The third kappa shape index (κ3) is 1.42. The van der Waals surface area contributed by atoms with Crippen LogP contribution in [0, 0.1) is 40.4 Å². The Kier molecular flexibility index (Phi) is 2.63. The third-order valence-electron chi connectivity index (χ3n) is 7.36. The lowest BCUT2D eigenvalue weighted by molar-refractivity contribution is -0.146. The Bertz CT molecular complexity index is 651. The van der Waals surface area contributed by atoms with E-state index in [-0.39, 0.29) is 34.7 Å². The Morgan fingerprint density at radius 2 is 1.82 bits per heavy atom. The summed E-state index contributed by atoms with van der Waals surface area (Å²) in [6.45, 7) is 10.9. The van der Waals surface area contributed by atoms with Crippen LogP contribution in [-0.4, -0.2) is 11.6 Å². The summed E-state index contributed by atoms with van der Waals surface area (Å²) in [6.07, 6.45) is 5.87. The minimum atomic E-state index is -0.768. The predicted molar refractivity (Wildman–Crippen MR) is 86.1 cm³/mol. The van der Waals surface area contributed by atoms with Crippen molar-refractivity contribution in [2.45, 2.75) is 47.5 Å². The van der Waals surface area contributed by atoms with Crippen LogP contribution in [0.5, 0.6) is 0 Å². The zero-order valence-electron chi connectivity index (χ0n) is 14.3. The molecule has 2 saturated carbocycles. The van der Waals surface area contributed by atoms with Crippen LogP contribution in [-0.2, 0) is 9.59 Å². The van der Waals surface area contributed by atoms with Crippen molar-refractivity contribution in [3.8, 4) is 0 Å². The molecule has 4 aliphatic rings. The molecule has 0 heterocycles. The molecule has 0 saturated heterocycles. The molecular weight excluding hydrogens is 272 g/mol. The summed E-state index contributed by atoms with van der Waals surface area (Å²) in [5, 5.41) is 0. The number of Topliss-reactive ketones (excluding diaryl/α,β-unsaturated/α-hetero) is 1. The van der Waals surface area contributed by atoms with Crippen LogP contribution in [0.3, 0.4) is 0 Å². The molecule has 0 aromatic rings. The predicted octanol–water partition coefficient (Wildman–Crippen LogP) is 3.97. The summed E-state index contributed by atoms with van der Waals surface area (Å²) >= 11 is 0. The van der Waals surface area contributed by atoms with Gasteiger partial charge in [0.15, 0.2) is 11.6 Å². The maximum absolute atomic E-state index is 13.3. The first-order chi connectivity index (χ1) is 10.2. The zero-order chi connectivity index (χ0) is 16.0. The van der Waals surface area contributed by atoms with E-state index < -0.39 is 5.41 Å². The number of hydrogen-bond acceptors (Lipinski definition) is 2. The Morgan fingerprint density at radius 1 is 1.14 bits per heavy atom. The van der Waals surface area contributed by atoms with E-state index in [1.807, 2.05) is 13.8 Å². The molecule has 2 fully saturated rings. The summed E-state index contributed by atoms with van der Waals surface area (Å²) in [5.74, 6) is 1.70. The van der Waals surface area contributed by atoms with Crippen molar-refractivity contribution < 1.29 is 9.59 Å². The van der Waals surface area contributed by atoms with Crippen molar-refractivity contribution in [2.75, 3.05) is 0 Å². The normalized spacial score (nSPS) is 48.7. The Labute approximate surface area is 133 Å². The van der Waals surface area contributed by atoms with Gasteiger partial charge in [0, 0.05) is 11.8 Å². The van der Waals surface area contributed by atoms with Crippen LogP contribution in [0.1, 0.15) is 47.5 Å². The standard InChI is InChI=1S/C20H26O2/c1-10-6-13-11(2)9-16(21)20(13)15(7-10)17-14(19(17,4)5)8-12(3)18(20)22/h6,9,12-15,17H,7-8H2,1-5H3/t12-,13+,14-,15+,17-,20+/m1/s1. The van der Waals surface area contributed by atoms with Gasteiger partial charge in [0.1, 0.15) is 5.41 Å². The van der Waals surface area contributed by atoms with E-state index in [0.717, 1.165) is 18.4 Å². The second-order valence-electron chi connectivity index (χ2n) is 8.88. The van der Waals surface area contributed by atoms with Gasteiger partial charge in [-0.05, 0) is 55.9 Å². The average Bonchev–Trinajstić information content (AvgIpc) is 2.88. The van der Waals surface area contributed by atoms with Gasteiger partial charge >= 0.3 is 0 Å². The molecule has 4 aliphatic carbocycles. The number of fused-ring (bicyclic) bond motifs is 2. The van der Waals surface area contributed by atoms with E-state index in [0.29, 0.717) is 11.8 Å². The molecule has 118 valence electrons. The van der Waals surface area contributed by atoms with E-state index in [2.05, 4.69) is 26.8 Å². The second-order valence-corrected chi connectivity index (χ2v) is 8.88. The van der Waals surface area contributed by atoms with Crippen LogP contribution in [0.25, 0.3) is 0 Å². The second kappa shape index (κ2) is 4.01. The highest BCUT2D eigenvalue weighted by Gasteiger charge is 2.72. The van der Waals surface area contributed by atoms with Gasteiger partial charge in [-0.25, -0.2) is 0 Å². The first kappa shape index (κ1) is 14.4. The number of hydrogen-bond donors (Lipinski definition) is 0. The van der Waals surface area contributed by atoms with Crippen LogP contribution in [0.4, 0.5) is 0 Å². The summed E-state index contributed by atoms with van der Waals surface area (Å²) in [4.78, 5) is 26.4. The summed E-state index contributed by atoms with van der Waals surface area (Å²) < 4.78 is 0. The van der Waals surface area contributed by atoms with E-state index in [1.165, 1.54) is 5.57 Å². The van der Waals surface area contributed by atoms with Crippen LogP contribution in [0.2, 0.25) is 0 Å². The molecule has 0 aromatic heterocycles. The highest BCUT2D eigenvalue weighted by atomic mass is 16.2. The fourth-order valence-electron chi connectivity index (χ4n) is 6.26. The lowest BCUT2D eigenvalue weighted by atomic mass is 9.55. The van der Waals surface area contributed by atoms with Crippen molar-refractivity contribution in [1.29, 1.82) is 0 Å². The van der Waals surface area contributed by atoms with Gasteiger partial charge in [-0.2, -0.15) is 0 Å². The molecule has 0 amide bonds. The minimum Gasteiger partial charge on any atom is -0.298 e. The number of rotatable bonds is 0. The fourth-order valence-corrected chi connectivity index (χ4v) is 6.26. The van der Waals surface area contributed by atoms with Crippen molar-refractivity contribution in [3.63, 3.8) is 0 Å². The number of allylic oxidation sites excluding steroid dienone is 4. The van der Waals surface area contributed by atoms with Crippen molar-refractivity contribution in [3.05, 3.63) is 23.3 Å². The highest BCUT2D eigenvalue weighted by molar-refractivity contribution is 6.16. The Morgan fingerprint density at radius 3 is 2.50 bits per heavy atom. The van der Waals surface area contributed by atoms with Gasteiger partial charge in [0.25, 0.3) is 0 Å². The van der Waals surface area contributed by atoms with Crippen LogP contribution >= 0.6 is 0 Å². The number of ketones is 2. The molecule has 0 aromatic carbocycles. The van der Waals surface area contributed by atoms with E-state index >= 15 is 0 Å². The molecule has 22 heavy (non-hydrogen) atoms. The smallest absolute Gasteiger partial charge is 0.170 e. The molecule has 0 N–H and O–H groups in total. The van der Waals surface area contributed by atoms with Gasteiger partial charge in [0.05, 0.1) is 0 Å². The van der Waals surface area contributed by atoms with E-state index in [9.17, 15) is 9.59 Å². The molecule has 2 nitrogen and oxygen atoms in total. The summed E-state index contributed by atoms with van der Waals surface area (Å²) in [5.41, 5.74) is 1.96. The van der Waals surface area contributed by atoms with Gasteiger partial charge in [0.2, 0.25) is 0 Å². The molecule has 6 atom stereocenters. The molecule has 0 radical (unpaired) electrons. The maximum Gasteiger partial charge on any atom is 0.170 e. The third-order valence-corrected chi connectivity index (χ3v) is 7.36. The van der Waals surface area contributed by atoms with Gasteiger partial charge < -0.3 is 0 Å². The molecule has 0 aliphatic heterocycles. The average molecular weight is 298 g/mol.